The number of carbonyl (C=O) groups excluding carboxylic acids is 1. The second-order valence-corrected chi connectivity index (χ2v) is 14.1. The van der Waals surface area contributed by atoms with Crippen molar-refractivity contribution in [3.63, 3.8) is 0 Å². The number of nitrogens with one attached hydrogen (secondary N) is 1. The lowest BCUT2D eigenvalue weighted by Crippen LogP contribution is -2.44. The van der Waals surface area contributed by atoms with Gasteiger partial charge in [0.15, 0.2) is 9.84 Å². The normalized spacial score (nSPS) is 16.6. The fourth-order valence-corrected chi connectivity index (χ4v) is 6.34. The van der Waals surface area contributed by atoms with Gasteiger partial charge in [-0.3, -0.25) is 4.79 Å². The fraction of sp³-hybridized carbons (Fsp3) is 0.519. The SMILES string of the molecule is CCCN(CC1CCN(S(C)(=O)=O)CC1)C(C)Cc1cccc(NC(=O)c2ccc(S(C)(=O)=O)cc2)c1. The van der Waals surface area contributed by atoms with Crippen molar-refractivity contribution in [2.75, 3.05) is 44.0 Å². The highest BCUT2D eigenvalue weighted by Crippen LogP contribution is 2.23. The summed E-state index contributed by atoms with van der Waals surface area (Å²) in [5.74, 6) is 0.185. The van der Waals surface area contributed by atoms with Crippen molar-refractivity contribution in [1.29, 1.82) is 0 Å². The van der Waals surface area contributed by atoms with Crippen LogP contribution in [0.2, 0.25) is 0 Å². The van der Waals surface area contributed by atoms with E-state index < -0.39 is 19.9 Å². The van der Waals surface area contributed by atoms with E-state index in [0.29, 0.717) is 36.3 Å². The van der Waals surface area contributed by atoms with Crippen molar-refractivity contribution in [1.82, 2.24) is 9.21 Å². The summed E-state index contributed by atoms with van der Waals surface area (Å²) >= 11 is 0. The topological polar surface area (TPSA) is 104 Å². The van der Waals surface area contributed by atoms with Crippen molar-refractivity contribution >= 4 is 31.5 Å². The van der Waals surface area contributed by atoms with E-state index in [4.69, 9.17) is 0 Å². The number of benzene rings is 2. The van der Waals surface area contributed by atoms with Crippen molar-refractivity contribution < 1.29 is 21.6 Å². The molecule has 0 radical (unpaired) electrons. The van der Waals surface area contributed by atoms with Crippen LogP contribution in [0.4, 0.5) is 5.69 Å². The third-order valence-electron chi connectivity index (χ3n) is 6.93. The molecule has 2 aromatic rings. The predicted molar refractivity (Wildman–Crippen MR) is 148 cm³/mol. The van der Waals surface area contributed by atoms with E-state index in [-0.39, 0.29) is 10.8 Å². The third kappa shape index (κ3) is 8.63. The molecule has 1 amide bonds. The number of hydrogen-bond donors (Lipinski definition) is 1. The molecule has 1 N–H and O–H groups in total. The molecule has 1 saturated heterocycles. The minimum absolute atomic E-state index is 0.178. The van der Waals surface area contributed by atoms with Gasteiger partial charge in [-0.25, -0.2) is 21.1 Å². The molecular formula is C27H39N3O5S2. The molecule has 1 unspecified atom stereocenters. The Hall–Kier alpha value is -2.27. The first-order chi connectivity index (χ1) is 17.4. The lowest BCUT2D eigenvalue weighted by atomic mass is 9.96. The van der Waals surface area contributed by atoms with Crippen molar-refractivity contribution in [2.24, 2.45) is 5.92 Å². The number of sulfone groups is 1. The Morgan fingerprint density at radius 3 is 2.27 bits per heavy atom. The maximum absolute atomic E-state index is 12.7. The van der Waals surface area contributed by atoms with Crippen LogP contribution in [0.5, 0.6) is 0 Å². The van der Waals surface area contributed by atoms with Crippen LogP contribution in [0, 0.1) is 5.92 Å². The van der Waals surface area contributed by atoms with Crippen molar-refractivity contribution in [3.05, 3.63) is 59.7 Å². The Bertz CT molecular complexity index is 1270. The summed E-state index contributed by atoms with van der Waals surface area (Å²) in [6, 6.07) is 14.0. The molecule has 1 heterocycles. The number of rotatable bonds is 11. The molecule has 8 nitrogen and oxygen atoms in total. The van der Waals surface area contributed by atoms with E-state index in [2.05, 4.69) is 30.1 Å². The molecule has 0 aliphatic carbocycles. The lowest BCUT2D eigenvalue weighted by molar-refractivity contribution is 0.102. The van der Waals surface area contributed by atoms with E-state index in [1.165, 1.54) is 30.5 Å². The molecule has 1 aliphatic rings. The van der Waals surface area contributed by atoms with E-state index in [0.717, 1.165) is 50.6 Å². The van der Waals surface area contributed by atoms with Gasteiger partial charge in [0.05, 0.1) is 11.2 Å². The van der Waals surface area contributed by atoms with Gasteiger partial charge in [-0.05, 0) is 87.0 Å². The molecule has 0 aromatic heterocycles. The Kier molecular flexibility index (Phi) is 9.91. The Labute approximate surface area is 222 Å². The zero-order valence-electron chi connectivity index (χ0n) is 22.2. The quantitative estimate of drug-likeness (QED) is 0.459. The smallest absolute Gasteiger partial charge is 0.255 e. The summed E-state index contributed by atoms with van der Waals surface area (Å²) in [5, 5.41) is 2.91. The molecule has 2 aromatic carbocycles. The summed E-state index contributed by atoms with van der Waals surface area (Å²) in [6.07, 6.45) is 6.05. The molecule has 204 valence electrons. The van der Waals surface area contributed by atoms with Gasteiger partial charge < -0.3 is 10.2 Å². The fourth-order valence-electron chi connectivity index (χ4n) is 4.84. The Balaban J connectivity index is 1.60. The van der Waals surface area contributed by atoms with Crippen LogP contribution in [0.1, 0.15) is 49.0 Å². The van der Waals surface area contributed by atoms with Gasteiger partial charge in [0.25, 0.3) is 5.91 Å². The number of piperidine rings is 1. The maximum atomic E-state index is 12.7. The van der Waals surface area contributed by atoms with Crippen LogP contribution >= 0.6 is 0 Å². The van der Waals surface area contributed by atoms with Crippen molar-refractivity contribution in [3.8, 4) is 0 Å². The third-order valence-corrected chi connectivity index (χ3v) is 9.36. The zero-order chi connectivity index (χ0) is 27.2. The van der Waals surface area contributed by atoms with Gasteiger partial charge in [0, 0.05) is 43.2 Å². The highest BCUT2D eigenvalue weighted by molar-refractivity contribution is 7.90. The van der Waals surface area contributed by atoms with Gasteiger partial charge >= 0.3 is 0 Å². The first-order valence-electron chi connectivity index (χ1n) is 12.8. The molecule has 1 aliphatic heterocycles. The first-order valence-corrected chi connectivity index (χ1v) is 16.5. The molecule has 3 rings (SSSR count). The Morgan fingerprint density at radius 2 is 1.70 bits per heavy atom. The number of nitrogens with zero attached hydrogens (tertiary/aromatic N) is 2. The second-order valence-electron chi connectivity index (χ2n) is 10.1. The van der Waals surface area contributed by atoms with Crippen LogP contribution < -0.4 is 5.32 Å². The summed E-state index contributed by atoms with van der Waals surface area (Å²) < 4.78 is 48.5. The van der Waals surface area contributed by atoms with Gasteiger partial charge in [0.2, 0.25) is 10.0 Å². The number of amides is 1. The average molecular weight is 550 g/mol. The molecule has 0 spiro atoms. The predicted octanol–water partition coefficient (Wildman–Crippen LogP) is 3.66. The second kappa shape index (κ2) is 12.5. The summed E-state index contributed by atoms with van der Waals surface area (Å²) in [6.45, 7) is 7.51. The van der Waals surface area contributed by atoms with Crippen LogP contribution in [0.3, 0.4) is 0 Å². The number of anilines is 1. The highest BCUT2D eigenvalue weighted by atomic mass is 32.2. The molecule has 0 bridgehead atoms. The lowest BCUT2D eigenvalue weighted by Gasteiger charge is -2.36. The zero-order valence-corrected chi connectivity index (χ0v) is 23.8. The van der Waals surface area contributed by atoms with Gasteiger partial charge in [-0.2, -0.15) is 0 Å². The van der Waals surface area contributed by atoms with Crippen LogP contribution in [-0.4, -0.2) is 76.7 Å². The average Bonchev–Trinajstić information content (AvgIpc) is 2.83. The number of hydrogen-bond acceptors (Lipinski definition) is 6. The van der Waals surface area contributed by atoms with Gasteiger partial charge in [0.1, 0.15) is 0 Å². The van der Waals surface area contributed by atoms with Crippen LogP contribution in [0.25, 0.3) is 0 Å². The first kappa shape index (κ1) is 29.3. The minimum atomic E-state index is -3.31. The molecule has 1 fully saturated rings. The van der Waals surface area contributed by atoms with E-state index >= 15 is 0 Å². The van der Waals surface area contributed by atoms with E-state index in [1.807, 2.05) is 18.2 Å². The van der Waals surface area contributed by atoms with Crippen LogP contribution in [-0.2, 0) is 26.3 Å². The maximum Gasteiger partial charge on any atom is 0.255 e. The van der Waals surface area contributed by atoms with E-state index in [1.54, 1.807) is 4.31 Å². The summed E-state index contributed by atoms with van der Waals surface area (Å²) in [5.41, 5.74) is 2.20. The molecular weight excluding hydrogens is 510 g/mol. The molecule has 10 heteroatoms. The van der Waals surface area contributed by atoms with E-state index in [9.17, 15) is 21.6 Å². The number of carbonyl (C=O) groups is 1. The largest absolute Gasteiger partial charge is 0.322 e. The molecule has 0 saturated carbocycles. The minimum Gasteiger partial charge on any atom is -0.322 e. The van der Waals surface area contributed by atoms with Crippen molar-refractivity contribution in [2.45, 2.75) is 50.5 Å². The van der Waals surface area contributed by atoms with Crippen LogP contribution in [0.15, 0.2) is 53.4 Å². The summed E-state index contributed by atoms with van der Waals surface area (Å²) in [4.78, 5) is 15.4. The molecule has 1 atom stereocenters. The highest BCUT2D eigenvalue weighted by Gasteiger charge is 2.27. The Morgan fingerprint density at radius 1 is 1.05 bits per heavy atom. The number of sulfonamides is 1. The van der Waals surface area contributed by atoms with Gasteiger partial charge in [-0.15, -0.1) is 0 Å². The van der Waals surface area contributed by atoms with Gasteiger partial charge in [-0.1, -0.05) is 19.1 Å². The monoisotopic (exact) mass is 549 g/mol. The summed E-state index contributed by atoms with van der Waals surface area (Å²) in [7, 11) is -6.43. The standard InChI is InChI=1S/C27H39N3O5S2/c1-5-15-29(20-22-13-16-30(17-14-22)37(4,34)35)21(2)18-23-7-6-8-25(19-23)28-27(31)24-9-11-26(12-10-24)36(3,32)33/h6-12,19,21-22H,5,13-18,20H2,1-4H3,(H,28,31). The molecule has 37 heavy (non-hydrogen) atoms.